The van der Waals surface area contributed by atoms with Gasteiger partial charge in [0.2, 0.25) is 0 Å². The maximum absolute atomic E-state index is 11.7. The molecule has 0 aliphatic rings. The average molecular weight is 236 g/mol. The Morgan fingerprint density at radius 2 is 1.53 bits per heavy atom. The van der Waals surface area contributed by atoms with Crippen LogP contribution in [0.2, 0.25) is 0 Å². The number of Topliss-reactive ketones (excluding diaryl/α,β-unsaturated/α-hetero) is 1. The zero-order chi connectivity index (χ0) is 13.2. The molecule has 0 heterocycles. The molecule has 0 saturated heterocycles. The van der Waals surface area contributed by atoms with Gasteiger partial charge in [0.25, 0.3) is 0 Å². The van der Waals surface area contributed by atoms with E-state index in [0.717, 1.165) is 5.56 Å². The summed E-state index contributed by atoms with van der Waals surface area (Å²) in [5.41, 5.74) is 1.55. The summed E-state index contributed by atoms with van der Waals surface area (Å²) in [7, 11) is 3.16. The quantitative estimate of drug-likeness (QED) is 0.756. The first-order chi connectivity index (χ1) is 7.81. The minimum Gasteiger partial charge on any atom is -0.493 e. The second-order valence-electron chi connectivity index (χ2n) is 5.06. The highest BCUT2D eigenvalue weighted by Crippen LogP contribution is 2.36. The topological polar surface area (TPSA) is 35.5 Å². The summed E-state index contributed by atoms with van der Waals surface area (Å²) in [5.74, 6) is 1.28. The lowest BCUT2D eigenvalue weighted by Crippen LogP contribution is -2.16. The van der Waals surface area contributed by atoms with Gasteiger partial charge in [-0.3, -0.25) is 4.79 Å². The van der Waals surface area contributed by atoms with E-state index in [1.54, 1.807) is 27.2 Å². The number of hydrogen-bond acceptors (Lipinski definition) is 3. The summed E-state index contributed by atoms with van der Waals surface area (Å²) >= 11 is 0. The van der Waals surface area contributed by atoms with Crippen LogP contribution in [0, 0.1) is 0 Å². The van der Waals surface area contributed by atoms with E-state index in [1.165, 1.54) is 0 Å². The first-order valence-electron chi connectivity index (χ1n) is 5.58. The smallest absolute Gasteiger partial charge is 0.161 e. The van der Waals surface area contributed by atoms with Gasteiger partial charge in [-0.15, -0.1) is 0 Å². The summed E-state index contributed by atoms with van der Waals surface area (Å²) in [6.07, 6.45) is 0. The Kier molecular flexibility index (Phi) is 3.81. The molecule has 0 aliphatic carbocycles. The van der Waals surface area contributed by atoms with Crippen LogP contribution in [0.5, 0.6) is 11.5 Å². The molecule has 3 nitrogen and oxygen atoms in total. The van der Waals surface area contributed by atoms with Gasteiger partial charge in [0, 0.05) is 5.56 Å². The number of carbonyl (C=O) groups is 1. The molecule has 3 heteroatoms. The van der Waals surface area contributed by atoms with Crippen molar-refractivity contribution in [3.8, 4) is 11.5 Å². The zero-order valence-electron chi connectivity index (χ0n) is 11.4. The molecule has 0 saturated carbocycles. The van der Waals surface area contributed by atoms with E-state index in [2.05, 4.69) is 20.8 Å². The highest BCUT2D eigenvalue weighted by molar-refractivity contribution is 5.96. The van der Waals surface area contributed by atoms with Gasteiger partial charge in [0.05, 0.1) is 14.2 Å². The summed E-state index contributed by atoms with van der Waals surface area (Å²) in [6.45, 7) is 7.78. The van der Waals surface area contributed by atoms with Gasteiger partial charge < -0.3 is 9.47 Å². The fourth-order valence-electron chi connectivity index (χ4n) is 1.79. The maximum Gasteiger partial charge on any atom is 0.161 e. The zero-order valence-corrected chi connectivity index (χ0v) is 11.4. The molecule has 0 spiro atoms. The maximum atomic E-state index is 11.7. The van der Waals surface area contributed by atoms with Crippen molar-refractivity contribution >= 4 is 5.78 Å². The van der Waals surface area contributed by atoms with Gasteiger partial charge in [-0.25, -0.2) is 0 Å². The largest absolute Gasteiger partial charge is 0.493 e. The van der Waals surface area contributed by atoms with Crippen LogP contribution in [-0.2, 0) is 5.41 Å². The molecule has 0 amide bonds. The number of carbonyl (C=O) groups excluding carboxylic acids is 1. The molecular weight excluding hydrogens is 216 g/mol. The van der Waals surface area contributed by atoms with Gasteiger partial charge in [-0.2, -0.15) is 0 Å². The van der Waals surface area contributed by atoms with Crippen molar-refractivity contribution in [3.05, 3.63) is 23.3 Å². The van der Waals surface area contributed by atoms with Crippen LogP contribution in [0.25, 0.3) is 0 Å². The molecule has 1 aromatic rings. The van der Waals surface area contributed by atoms with Gasteiger partial charge in [0.15, 0.2) is 17.3 Å². The number of methoxy groups -OCH3 is 2. The van der Waals surface area contributed by atoms with Crippen molar-refractivity contribution in [2.24, 2.45) is 0 Å². The molecule has 1 rings (SSSR count). The number of hydrogen-bond donors (Lipinski definition) is 0. The van der Waals surface area contributed by atoms with Crippen molar-refractivity contribution in [1.29, 1.82) is 0 Å². The molecular formula is C14H20O3. The van der Waals surface area contributed by atoms with Crippen molar-refractivity contribution in [3.63, 3.8) is 0 Å². The molecule has 0 radical (unpaired) electrons. The van der Waals surface area contributed by atoms with Crippen molar-refractivity contribution in [2.45, 2.75) is 33.1 Å². The molecule has 0 atom stereocenters. The second-order valence-corrected chi connectivity index (χ2v) is 5.06. The number of rotatable bonds is 3. The van der Waals surface area contributed by atoms with Gasteiger partial charge >= 0.3 is 0 Å². The Hall–Kier alpha value is -1.51. The van der Waals surface area contributed by atoms with Crippen LogP contribution in [0.3, 0.4) is 0 Å². The van der Waals surface area contributed by atoms with Crippen LogP contribution in [0.15, 0.2) is 12.1 Å². The summed E-state index contributed by atoms with van der Waals surface area (Å²) < 4.78 is 10.5. The molecule has 17 heavy (non-hydrogen) atoms. The Labute approximate surface area is 103 Å². The third-order valence-electron chi connectivity index (χ3n) is 2.71. The number of ether oxygens (including phenoxy) is 2. The molecule has 0 aliphatic heterocycles. The Morgan fingerprint density at radius 3 is 1.88 bits per heavy atom. The highest BCUT2D eigenvalue weighted by atomic mass is 16.5. The third-order valence-corrected chi connectivity index (χ3v) is 2.71. The lowest BCUT2D eigenvalue weighted by atomic mass is 9.82. The van der Waals surface area contributed by atoms with Crippen LogP contribution in [0.4, 0.5) is 0 Å². The minimum atomic E-state index is -0.111. The standard InChI is InChI=1S/C14H20O3/c1-9(15)10-7-12(16-5)13(17-6)8-11(10)14(2,3)4/h7-8H,1-6H3. The Bertz CT molecular complexity index is 428. The minimum absolute atomic E-state index is 0.0379. The van der Waals surface area contributed by atoms with E-state index in [1.807, 2.05) is 6.07 Å². The highest BCUT2D eigenvalue weighted by Gasteiger charge is 2.23. The SMILES string of the molecule is COc1cc(C(C)=O)c(C(C)(C)C)cc1OC. The lowest BCUT2D eigenvalue weighted by Gasteiger charge is -2.23. The molecule has 0 fully saturated rings. The van der Waals surface area contributed by atoms with Crippen molar-refractivity contribution < 1.29 is 14.3 Å². The van der Waals surface area contributed by atoms with E-state index >= 15 is 0 Å². The van der Waals surface area contributed by atoms with E-state index in [-0.39, 0.29) is 11.2 Å². The van der Waals surface area contributed by atoms with Crippen LogP contribution < -0.4 is 9.47 Å². The third kappa shape index (κ3) is 2.78. The molecule has 0 bridgehead atoms. The monoisotopic (exact) mass is 236 g/mol. The normalized spacial score (nSPS) is 11.2. The Balaban J connectivity index is 3.52. The fourth-order valence-corrected chi connectivity index (χ4v) is 1.79. The van der Waals surface area contributed by atoms with Gasteiger partial charge in [-0.05, 0) is 30.0 Å². The van der Waals surface area contributed by atoms with E-state index in [9.17, 15) is 4.79 Å². The molecule has 94 valence electrons. The lowest BCUT2D eigenvalue weighted by molar-refractivity contribution is 0.101. The summed E-state index contributed by atoms with van der Waals surface area (Å²) in [5, 5.41) is 0. The van der Waals surface area contributed by atoms with E-state index < -0.39 is 0 Å². The summed E-state index contributed by atoms with van der Waals surface area (Å²) in [4.78, 5) is 11.7. The van der Waals surface area contributed by atoms with Crippen LogP contribution in [0.1, 0.15) is 43.6 Å². The Morgan fingerprint density at radius 1 is 1.06 bits per heavy atom. The predicted molar refractivity (Wildman–Crippen MR) is 68.3 cm³/mol. The predicted octanol–water partition coefficient (Wildman–Crippen LogP) is 3.20. The van der Waals surface area contributed by atoms with Crippen LogP contribution >= 0.6 is 0 Å². The number of benzene rings is 1. The first-order valence-corrected chi connectivity index (χ1v) is 5.58. The van der Waals surface area contributed by atoms with Gasteiger partial charge in [0.1, 0.15) is 0 Å². The van der Waals surface area contributed by atoms with E-state index in [4.69, 9.17) is 9.47 Å². The van der Waals surface area contributed by atoms with E-state index in [0.29, 0.717) is 17.1 Å². The van der Waals surface area contributed by atoms with Crippen LogP contribution in [-0.4, -0.2) is 20.0 Å². The average Bonchev–Trinajstić information content (AvgIpc) is 2.25. The second kappa shape index (κ2) is 4.78. The molecule has 1 aromatic carbocycles. The van der Waals surface area contributed by atoms with Crippen molar-refractivity contribution in [1.82, 2.24) is 0 Å². The molecule has 0 aromatic heterocycles. The van der Waals surface area contributed by atoms with Crippen molar-refractivity contribution in [2.75, 3.05) is 14.2 Å². The van der Waals surface area contributed by atoms with Gasteiger partial charge in [-0.1, -0.05) is 20.8 Å². The number of ketones is 1. The first kappa shape index (κ1) is 13.6. The summed E-state index contributed by atoms with van der Waals surface area (Å²) in [6, 6.07) is 3.64. The fraction of sp³-hybridized carbons (Fsp3) is 0.500. The molecule has 0 unspecified atom stereocenters. The molecule has 0 N–H and O–H groups in total.